The number of carboxylic acid groups (broad SMARTS) is 1. The number of aliphatic hydroxyl groups excluding tert-OH is 1. The largest absolute Gasteiger partial charge is 0.479 e. The second-order valence-corrected chi connectivity index (χ2v) is 3.53. The Kier molecular flexibility index (Phi) is 3.99. The summed E-state index contributed by atoms with van der Waals surface area (Å²) in [6.07, 6.45) is -1.07. The van der Waals surface area contributed by atoms with Crippen LogP contribution in [0.4, 0.5) is 0 Å². The maximum Gasteiger partial charge on any atom is 0.340 e. The number of nitrogens with zero attached hydrogens (tertiary/aromatic N) is 1. The highest BCUT2D eigenvalue weighted by molar-refractivity contribution is 7.09. The van der Waals surface area contributed by atoms with Crippen LogP contribution >= 0.6 is 11.3 Å². The number of aliphatic hydroxyl groups is 1. The van der Waals surface area contributed by atoms with Crippen LogP contribution in [0.1, 0.15) is 16.8 Å². The molecule has 1 rings (SSSR count). The summed E-state index contributed by atoms with van der Waals surface area (Å²) >= 11 is 1.24. The van der Waals surface area contributed by atoms with Gasteiger partial charge in [0.15, 0.2) is 0 Å². The first kappa shape index (κ1) is 11.1. The van der Waals surface area contributed by atoms with Crippen molar-refractivity contribution < 1.29 is 19.7 Å². The summed E-state index contributed by atoms with van der Waals surface area (Å²) in [6, 6.07) is 0. The topological polar surface area (TPSA) is 79.7 Å². The standard InChI is InChI=1S/C8H11NO4S/c1-5-4-14-7(9-5)6(8(11)12)13-3-2-10/h4,6,10H,2-3H2,1H3,(H,11,12). The molecule has 0 fully saturated rings. The van der Waals surface area contributed by atoms with Crippen LogP contribution in [0.2, 0.25) is 0 Å². The highest BCUT2D eigenvalue weighted by atomic mass is 32.1. The van der Waals surface area contributed by atoms with Gasteiger partial charge >= 0.3 is 5.97 Å². The van der Waals surface area contributed by atoms with E-state index in [4.69, 9.17) is 14.9 Å². The van der Waals surface area contributed by atoms with Gasteiger partial charge in [0.1, 0.15) is 5.01 Å². The monoisotopic (exact) mass is 217 g/mol. The van der Waals surface area contributed by atoms with Gasteiger partial charge in [-0.15, -0.1) is 11.3 Å². The highest BCUT2D eigenvalue weighted by Crippen LogP contribution is 2.21. The molecule has 6 heteroatoms. The lowest BCUT2D eigenvalue weighted by molar-refractivity contribution is -0.151. The van der Waals surface area contributed by atoms with Crippen molar-refractivity contribution in [3.63, 3.8) is 0 Å². The molecular formula is C8H11NO4S. The quantitative estimate of drug-likeness (QED) is 0.754. The second kappa shape index (κ2) is 5.04. The van der Waals surface area contributed by atoms with Crippen molar-refractivity contribution in [1.29, 1.82) is 0 Å². The molecule has 1 heterocycles. The Morgan fingerprint density at radius 3 is 2.93 bits per heavy atom. The molecule has 0 saturated heterocycles. The van der Waals surface area contributed by atoms with Crippen molar-refractivity contribution in [3.05, 3.63) is 16.1 Å². The minimum absolute atomic E-state index is 0.00437. The number of rotatable bonds is 5. The normalized spacial score (nSPS) is 12.7. The van der Waals surface area contributed by atoms with Gasteiger partial charge in [-0.1, -0.05) is 0 Å². The fraction of sp³-hybridized carbons (Fsp3) is 0.500. The molecule has 0 amide bonds. The molecule has 78 valence electrons. The first-order valence-corrected chi connectivity index (χ1v) is 4.90. The maximum atomic E-state index is 10.8. The van der Waals surface area contributed by atoms with Gasteiger partial charge in [0.05, 0.1) is 13.2 Å². The fourth-order valence-corrected chi connectivity index (χ4v) is 1.74. The van der Waals surface area contributed by atoms with E-state index in [-0.39, 0.29) is 13.2 Å². The van der Waals surface area contributed by atoms with E-state index in [9.17, 15) is 4.79 Å². The molecule has 0 spiro atoms. The van der Waals surface area contributed by atoms with Crippen LogP contribution in [0, 0.1) is 6.92 Å². The van der Waals surface area contributed by atoms with Crippen molar-refractivity contribution >= 4 is 17.3 Å². The van der Waals surface area contributed by atoms with E-state index in [2.05, 4.69) is 4.98 Å². The molecule has 0 aliphatic rings. The van der Waals surface area contributed by atoms with E-state index in [1.807, 2.05) is 0 Å². The van der Waals surface area contributed by atoms with E-state index >= 15 is 0 Å². The summed E-state index contributed by atoms with van der Waals surface area (Å²) in [7, 11) is 0. The van der Waals surface area contributed by atoms with E-state index in [0.717, 1.165) is 5.69 Å². The number of aliphatic carboxylic acids is 1. The highest BCUT2D eigenvalue weighted by Gasteiger charge is 2.23. The molecule has 1 aromatic rings. The molecule has 0 saturated carbocycles. The number of carbonyl (C=O) groups is 1. The third kappa shape index (κ3) is 2.76. The first-order valence-electron chi connectivity index (χ1n) is 4.02. The molecule has 2 N–H and O–H groups in total. The SMILES string of the molecule is Cc1csc(C(OCCO)C(=O)O)n1. The molecule has 1 aromatic heterocycles. The summed E-state index contributed by atoms with van der Waals surface area (Å²) < 4.78 is 4.95. The first-order chi connectivity index (χ1) is 6.65. The van der Waals surface area contributed by atoms with E-state index in [0.29, 0.717) is 5.01 Å². The zero-order valence-corrected chi connectivity index (χ0v) is 8.45. The predicted octanol–water partition coefficient (Wildman–Crippen LogP) is 0.586. The molecule has 0 aliphatic carbocycles. The van der Waals surface area contributed by atoms with Crippen LogP contribution in [-0.4, -0.2) is 34.4 Å². The summed E-state index contributed by atoms with van der Waals surface area (Å²) in [5.74, 6) is -1.09. The summed E-state index contributed by atoms with van der Waals surface area (Å²) in [5.41, 5.74) is 0.767. The van der Waals surface area contributed by atoms with Gasteiger partial charge in [-0.2, -0.15) is 0 Å². The number of hydrogen-bond donors (Lipinski definition) is 2. The molecular weight excluding hydrogens is 206 g/mol. The Labute approximate surface area is 85.0 Å². The molecule has 5 nitrogen and oxygen atoms in total. The molecule has 1 unspecified atom stereocenters. The minimum atomic E-state index is -1.09. The van der Waals surface area contributed by atoms with Crippen LogP contribution in [-0.2, 0) is 9.53 Å². The number of aryl methyl sites for hydroxylation is 1. The molecule has 0 radical (unpaired) electrons. The summed E-state index contributed by atoms with van der Waals surface area (Å²) in [6.45, 7) is 1.58. The van der Waals surface area contributed by atoms with E-state index in [1.54, 1.807) is 12.3 Å². The van der Waals surface area contributed by atoms with Crippen molar-refractivity contribution in [1.82, 2.24) is 4.98 Å². The van der Waals surface area contributed by atoms with E-state index in [1.165, 1.54) is 11.3 Å². The Balaban J connectivity index is 2.72. The Bertz CT molecular complexity index is 312. The number of thiazole rings is 1. The van der Waals surface area contributed by atoms with Gasteiger partial charge in [-0.05, 0) is 6.92 Å². The summed E-state index contributed by atoms with van der Waals surface area (Å²) in [4.78, 5) is 14.8. The third-order valence-electron chi connectivity index (χ3n) is 1.46. The van der Waals surface area contributed by atoms with Crippen molar-refractivity contribution in [2.24, 2.45) is 0 Å². The average Bonchev–Trinajstić information content (AvgIpc) is 2.52. The van der Waals surface area contributed by atoms with Crippen molar-refractivity contribution in [3.8, 4) is 0 Å². The summed E-state index contributed by atoms with van der Waals surface area (Å²) in [5, 5.41) is 19.5. The Morgan fingerprint density at radius 1 is 1.79 bits per heavy atom. The molecule has 0 aromatic carbocycles. The Hall–Kier alpha value is -0.980. The van der Waals surface area contributed by atoms with Gasteiger partial charge in [0.25, 0.3) is 0 Å². The van der Waals surface area contributed by atoms with Gasteiger partial charge in [0, 0.05) is 11.1 Å². The third-order valence-corrected chi connectivity index (χ3v) is 2.47. The molecule has 14 heavy (non-hydrogen) atoms. The maximum absolute atomic E-state index is 10.8. The zero-order valence-electron chi connectivity index (χ0n) is 7.64. The predicted molar refractivity (Wildman–Crippen MR) is 50.3 cm³/mol. The molecule has 0 aliphatic heterocycles. The van der Waals surface area contributed by atoms with Crippen LogP contribution in [0.25, 0.3) is 0 Å². The lowest BCUT2D eigenvalue weighted by atomic mass is 10.4. The number of hydrogen-bond acceptors (Lipinski definition) is 5. The fourth-order valence-electron chi connectivity index (χ4n) is 0.911. The second-order valence-electron chi connectivity index (χ2n) is 2.64. The number of aromatic nitrogens is 1. The van der Waals surface area contributed by atoms with Gasteiger partial charge in [-0.3, -0.25) is 0 Å². The smallest absolute Gasteiger partial charge is 0.340 e. The number of carboxylic acids is 1. The van der Waals surface area contributed by atoms with E-state index < -0.39 is 12.1 Å². The van der Waals surface area contributed by atoms with Crippen molar-refractivity contribution in [2.75, 3.05) is 13.2 Å². The van der Waals surface area contributed by atoms with Crippen LogP contribution < -0.4 is 0 Å². The molecule has 1 atom stereocenters. The average molecular weight is 217 g/mol. The van der Waals surface area contributed by atoms with Crippen LogP contribution in [0.5, 0.6) is 0 Å². The zero-order chi connectivity index (χ0) is 10.6. The Morgan fingerprint density at radius 2 is 2.50 bits per heavy atom. The lowest BCUT2D eigenvalue weighted by Crippen LogP contribution is -2.17. The van der Waals surface area contributed by atoms with Crippen LogP contribution in [0.3, 0.4) is 0 Å². The van der Waals surface area contributed by atoms with Gasteiger partial charge in [0.2, 0.25) is 6.10 Å². The lowest BCUT2D eigenvalue weighted by Gasteiger charge is -2.09. The number of ether oxygens (including phenoxy) is 1. The van der Waals surface area contributed by atoms with Gasteiger partial charge < -0.3 is 14.9 Å². The molecule has 0 bridgehead atoms. The van der Waals surface area contributed by atoms with Crippen LogP contribution in [0.15, 0.2) is 5.38 Å². The minimum Gasteiger partial charge on any atom is -0.479 e. The van der Waals surface area contributed by atoms with Crippen molar-refractivity contribution in [2.45, 2.75) is 13.0 Å². The van der Waals surface area contributed by atoms with Gasteiger partial charge in [-0.25, -0.2) is 9.78 Å².